The topological polar surface area (TPSA) is 66.0 Å². The van der Waals surface area contributed by atoms with Crippen LogP contribution in [0.1, 0.15) is 55.5 Å². The molecule has 0 atom stereocenters. The number of phenolic OH excluding ortho intramolecular Hbond substituents is 1. The Hall–Kier alpha value is -2.33. The van der Waals surface area contributed by atoms with Crippen molar-refractivity contribution in [2.24, 2.45) is 29.6 Å². The van der Waals surface area contributed by atoms with Gasteiger partial charge in [0, 0.05) is 29.8 Å². The van der Waals surface area contributed by atoms with Gasteiger partial charge in [-0.2, -0.15) is 0 Å². The van der Waals surface area contributed by atoms with Crippen LogP contribution in [0.5, 0.6) is 5.75 Å². The van der Waals surface area contributed by atoms with Crippen molar-refractivity contribution in [3.05, 3.63) is 58.4 Å². The Labute approximate surface area is 193 Å². The van der Waals surface area contributed by atoms with Gasteiger partial charge in [-0.15, -0.1) is 0 Å². The molecule has 4 bridgehead atoms. The van der Waals surface area contributed by atoms with Crippen molar-refractivity contribution in [1.82, 2.24) is 9.97 Å². The van der Waals surface area contributed by atoms with E-state index in [1.54, 1.807) is 18.2 Å². The number of ketones is 1. The summed E-state index contributed by atoms with van der Waals surface area (Å²) in [5, 5.41) is 10.7. The summed E-state index contributed by atoms with van der Waals surface area (Å²) in [7, 11) is 0. The van der Waals surface area contributed by atoms with Gasteiger partial charge in [0.1, 0.15) is 17.4 Å². The highest BCUT2D eigenvalue weighted by Crippen LogP contribution is 2.57. The summed E-state index contributed by atoms with van der Waals surface area (Å²) in [6.07, 6.45) is 8.67. The molecule has 0 amide bonds. The molecule has 4 aliphatic carbocycles. The van der Waals surface area contributed by atoms with Gasteiger partial charge in [-0.1, -0.05) is 17.7 Å². The Morgan fingerprint density at radius 2 is 1.78 bits per heavy atom. The lowest BCUT2D eigenvalue weighted by atomic mass is 9.51. The maximum atomic E-state index is 13.0. The van der Waals surface area contributed by atoms with Crippen molar-refractivity contribution >= 4 is 28.4 Å². The SMILES string of the molecule is O=C(Cc1ccc2nc(Cc3cc(Cl)ccc3O)[nH]c2c1)CC1C2CC3CC(C2)CC1C3. The van der Waals surface area contributed by atoms with E-state index >= 15 is 0 Å². The third-order valence-corrected chi connectivity index (χ3v) is 8.52. The number of nitrogens with one attached hydrogen (secondary N) is 1. The second-order valence-electron chi connectivity index (χ2n) is 10.5. The van der Waals surface area contributed by atoms with Crippen molar-refractivity contribution in [1.29, 1.82) is 0 Å². The summed E-state index contributed by atoms with van der Waals surface area (Å²) in [6.45, 7) is 0. The van der Waals surface area contributed by atoms with Crippen LogP contribution in [0.2, 0.25) is 5.02 Å². The molecule has 0 spiro atoms. The van der Waals surface area contributed by atoms with E-state index in [1.165, 1.54) is 32.1 Å². The number of fused-ring (bicyclic) bond motifs is 1. The van der Waals surface area contributed by atoms with E-state index < -0.39 is 0 Å². The van der Waals surface area contributed by atoms with E-state index in [0.29, 0.717) is 29.6 Å². The molecule has 1 heterocycles. The molecule has 7 rings (SSSR count). The van der Waals surface area contributed by atoms with E-state index in [2.05, 4.69) is 16.0 Å². The average Bonchev–Trinajstić information content (AvgIpc) is 3.14. The van der Waals surface area contributed by atoms with Crippen molar-refractivity contribution in [2.75, 3.05) is 0 Å². The number of Topliss-reactive ketones (excluding diaryl/α,β-unsaturated/α-hetero) is 1. The first-order chi connectivity index (χ1) is 15.5. The lowest BCUT2D eigenvalue weighted by molar-refractivity contribution is -0.123. The van der Waals surface area contributed by atoms with Crippen molar-refractivity contribution in [3.8, 4) is 5.75 Å². The number of rotatable bonds is 6. The van der Waals surface area contributed by atoms with Crippen LogP contribution in [0.15, 0.2) is 36.4 Å². The molecule has 4 fully saturated rings. The molecule has 2 N–H and O–H groups in total. The number of aromatic hydroxyl groups is 1. The average molecular weight is 449 g/mol. The smallest absolute Gasteiger partial charge is 0.137 e. The van der Waals surface area contributed by atoms with Gasteiger partial charge in [0.25, 0.3) is 0 Å². The van der Waals surface area contributed by atoms with Gasteiger partial charge in [-0.3, -0.25) is 4.79 Å². The van der Waals surface area contributed by atoms with Gasteiger partial charge in [0.2, 0.25) is 0 Å². The molecule has 4 saturated carbocycles. The zero-order valence-corrected chi connectivity index (χ0v) is 18.9. The molecule has 0 saturated heterocycles. The fourth-order valence-electron chi connectivity index (χ4n) is 7.11. The summed E-state index contributed by atoms with van der Waals surface area (Å²) in [6, 6.07) is 11.1. The van der Waals surface area contributed by atoms with Gasteiger partial charge < -0.3 is 10.1 Å². The number of imidazole rings is 1. The summed E-state index contributed by atoms with van der Waals surface area (Å²) >= 11 is 6.07. The van der Waals surface area contributed by atoms with Gasteiger partial charge in [0.05, 0.1) is 11.0 Å². The number of aromatic nitrogens is 2. The number of carbonyl (C=O) groups excluding carboxylic acids is 1. The fourth-order valence-corrected chi connectivity index (χ4v) is 7.31. The lowest BCUT2D eigenvalue weighted by Gasteiger charge is -2.54. The zero-order chi connectivity index (χ0) is 21.8. The summed E-state index contributed by atoms with van der Waals surface area (Å²) < 4.78 is 0. The van der Waals surface area contributed by atoms with Gasteiger partial charge >= 0.3 is 0 Å². The molecule has 2 aromatic carbocycles. The Morgan fingerprint density at radius 3 is 2.53 bits per heavy atom. The number of benzene rings is 2. The highest BCUT2D eigenvalue weighted by atomic mass is 35.5. The van der Waals surface area contributed by atoms with E-state index in [9.17, 15) is 9.90 Å². The number of hydrogen-bond acceptors (Lipinski definition) is 3. The Balaban J connectivity index is 1.14. The number of nitrogens with zero attached hydrogens (tertiary/aromatic N) is 1. The predicted molar refractivity (Wildman–Crippen MR) is 126 cm³/mol. The van der Waals surface area contributed by atoms with Crippen LogP contribution < -0.4 is 0 Å². The maximum Gasteiger partial charge on any atom is 0.137 e. The summed E-state index contributed by atoms with van der Waals surface area (Å²) in [5.41, 5.74) is 3.59. The number of aromatic amines is 1. The van der Waals surface area contributed by atoms with Gasteiger partial charge in [0.15, 0.2) is 0 Å². The van der Waals surface area contributed by atoms with Crippen molar-refractivity contribution < 1.29 is 9.90 Å². The Morgan fingerprint density at radius 1 is 1.03 bits per heavy atom. The van der Waals surface area contributed by atoms with E-state index in [4.69, 9.17) is 11.6 Å². The Bertz CT molecular complexity index is 1160. The third-order valence-electron chi connectivity index (χ3n) is 8.28. The minimum atomic E-state index is 0.214. The minimum absolute atomic E-state index is 0.214. The molecule has 4 aliphatic rings. The van der Waals surface area contributed by atoms with Crippen LogP contribution >= 0.6 is 11.6 Å². The predicted octanol–water partition coefficient (Wildman–Crippen LogP) is 6.09. The van der Waals surface area contributed by atoms with Crippen LogP contribution in [0.3, 0.4) is 0 Å². The lowest BCUT2D eigenvalue weighted by Crippen LogP contribution is -2.45. The first kappa shape index (κ1) is 20.3. The van der Waals surface area contributed by atoms with E-state index in [0.717, 1.165) is 58.1 Å². The normalized spacial score (nSPS) is 28.5. The molecule has 0 unspecified atom stereocenters. The number of H-pyrrole nitrogens is 1. The number of phenols is 1. The number of carbonyl (C=O) groups is 1. The second-order valence-corrected chi connectivity index (χ2v) is 10.9. The first-order valence-electron chi connectivity index (χ1n) is 12.0. The molecular weight excluding hydrogens is 420 g/mol. The first-order valence-corrected chi connectivity index (χ1v) is 12.3. The van der Waals surface area contributed by atoms with E-state index in [1.807, 2.05) is 12.1 Å². The Kier molecular flexibility index (Phi) is 5.02. The highest BCUT2D eigenvalue weighted by Gasteiger charge is 2.48. The largest absolute Gasteiger partial charge is 0.508 e. The maximum absolute atomic E-state index is 13.0. The summed E-state index contributed by atoms with van der Waals surface area (Å²) in [5.74, 6) is 5.50. The molecule has 5 heteroatoms. The molecule has 32 heavy (non-hydrogen) atoms. The standard InChI is InChI=1S/C27H29ClN2O2/c28-21-2-4-26(32)20(12-21)13-27-29-24-3-1-15(11-25(24)30-27)10-22(31)14-23-18-6-16-5-17(8-18)9-19(23)7-16/h1-4,11-12,16-19,23,32H,5-10,13-14H2,(H,29,30). The monoisotopic (exact) mass is 448 g/mol. The minimum Gasteiger partial charge on any atom is -0.508 e. The van der Waals surface area contributed by atoms with E-state index in [-0.39, 0.29) is 5.75 Å². The highest BCUT2D eigenvalue weighted by molar-refractivity contribution is 6.30. The van der Waals surface area contributed by atoms with Crippen molar-refractivity contribution in [3.63, 3.8) is 0 Å². The van der Waals surface area contributed by atoms with Crippen LogP contribution in [-0.2, 0) is 17.6 Å². The molecule has 1 aromatic heterocycles. The molecular formula is C27H29ClN2O2. The quantitative estimate of drug-likeness (QED) is 0.479. The molecule has 4 nitrogen and oxygen atoms in total. The van der Waals surface area contributed by atoms with Crippen LogP contribution in [-0.4, -0.2) is 20.9 Å². The van der Waals surface area contributed by atoms with Crippen molar-refractivity contribution in [2.45, 2.75) is 51.4 Å². The number of halogens is 1. The molecule has 3 aromatic rings. The van der Waals surface area contributed by atoms with Crippen LogP contribution in [0, 0.1) is 29.6 Å². The molecule has 0 radical (unpaired) electrons. The van der Waals surface area contributed by atoms with Crippen LogP contribution in [0.25, 0.3) is 11.0 Å². The van der Waals surface area contributed by atoms with Crippen LogP contribution in [0.4, 0.5) is 0 Å². The third kappa shape index (κ3) is 3.83. The molecule has 0 aliphatic heterocycles. The second kappa shape index (κ2) is 7.91. The van der Waals surface area contributed by atoms with Gasteiger partial charge in [-0.25, -0.2) is 4.98 Å². The number of hydrogen-bond donors (Lipinski definition) is 2. The summed E-state index contributed by atoms with van der Waals surface area (Å²) in [4.78, 5) is 21.0. The van der Waals surface area contributed by atoms with Gasteiger partial charge in [-0.05, 0) is 97.6 Å². The zero-order valence-electron chi connectivity index (χ0n) is 18.2. The fraction of sp³-hybridized carbons (Fsp3) is 0.481. The molecule has 166 valence electrons.